The molecule has 1 fully saturated rings. The highest BCUT2D eigenvalue weighted by Crippen LogP contribution is 2.26. The van der Waals surface area contributed by atoms with Crippen molar-refractivity contribution in [3.05, 3.63) is 59.2 Å². The van der Waals surface area contributed by atoms with Crippen molar-refractivity contribution in [2.45, 2.75) is 6.42 Å². The van der Waals surface area contributed by atoms with E-state index in [-0.39, 0.29) is 5.63 Å². The number of anilines is 1. The zero-order chi connectivity index (χ0) is 20.7. The van der Waals surface area contributed by atoms with Crippen LogP contribution in [0, 0.1) is 0 Å². The van der Waals surface area contributed by atoms with Crippen molar-refractivity contribution in [2.24, 2.45) is 0 Å². The van der Waals surface area contributed by atoms with Gasteiger partial charge < -0.3 is 23.4 Å². The van der Waals surface area contributed by atoms with Crippen molar-refractivity contribution < 1.29 is 9.15 Å². The van der Waals surface area contributed by atoms with Gasteiger partial charge in [0.25, 0.3) is 0 Å². The summed E-state index contributed by atoms with van der Waals surface area (Å²) < 4.78 is 12.8. The van der Waals surface area contributed by atoms with Gasteiger partial charge in [-0.15, -0.1) is 0 Å². The number of aromatic nitrogens is 2. The fraction of sp³-hybridized carbons (Fsp3) is 0.304. The van der Waals surface area contributed by atoms with Crippen LogP contribution in [0.25, 0.3) is 27.9 Å². The number of imidazole rings is 1. The second kappa shape index (κ2) is 7.50. The van der Waals surface area contributed by atoms with Gasteiger partial charge in [-0.1, -0.05) is 0 Å². The molecule has 0 amide bonds. The summed E-state index contributed by atoms with van der Waals surface area (Å²) in [6.07, 6.45) is 4.81. The highest BCUT2D eigenvalue weighted by atomic mass is 16.5. The van der Waals surface area contributed by atoms with Gasteiger partial charge in [0.05, 0.1) is 18.4 Å². The lowest BCUT2D eigenvalue weighted by molar-refractivity contribution is 0.360. The first-order valence-corrected chi connectivity index (χ1v) is 10.2. The van der Waals surface area contributed by atoms with E-state index in [4.69, 9.17) is 9.15 Å². The molecular weight excluding hydrogens is 380 g/mol. The molecule has 4 aromatic rings. The van der Waals surface area contributed by atoms with Gasteiger partial charge in [-0.2, -0.15) is 0 Å². The van der Waals surface area contributed by atoms with Crippen molar-refractivity contribution in [1.82, 2.24) is 14.3 Å². The van der Waals surface area contributed by atoms with Crippen molar-refractivity contribution in [3.63, 3.8) is 0 Å². The molecule has 0 atom stereocenters. The average molecular weight is 404 g/mol. The molecule has 7 nitrogen and oxygen atoms in total. The van der Waals surface area contributed by atoms with Crippen LogP contribution >= 0.6 is 0 Å². The summed E-state index contributed by atoms with van der Waals surface area (Å²) in [4.78, 5) is 22.0. The Hall–Kier alpha value is -3.32. The molecule has 4 heterocycles. The van der Waals surface area contributed by atoms with Crippen LogP contribution in [0.4, 0.5) is 5.69 Å². The molecule has 0 aliphatic carbocycles. The third kappa shape index (κ3) is 3.41. The Morgan fingerprint density at radius 1 is 1.07 bits per heavy atom. The molecule has 5 rings (SSSR count). The molecule has 7 heteroatoms. The van der Waals surface area contributed by atoms with E-state index < -0.39 is 0 Å². The number of pyridine rings is 1. The van der Waals surface area contributed by atoms with Gasteiger partial charge in [0, 0.05) is 55.2 Å². The standard InChI is InChI=1S/C23H24N4O3/c1-25-7-3-8-26(11-10-25)17-5-4-16-12-19(23(28)30-21(16)13-17)20-15-27-9-6-18(29-2)14-22(27)24-20/h4-6,9,12-15H,3,7-8,10-11H2,1-2H3. The normalized spacial score (nSPS) is 15.6. The van der Waals surface area contributed by atoms with Crippen LogP contribution in [-0.2, 0) is 0 Å². The first-order valence-electron chi connectivity index (χ1n) is 10.2. The summed E-state index contributed by atoms with van der Waals surface area (Å²) in [6.45, 7) is 4.10. The Kier molecular flexibility index (Phi) is 4.67. The zero-order valence-corrected chi connectivity index (χ0v) is 17.2. The number of methoxy groups -OCH3 is 1. The Morgan fingerprint density at radius 2 is 1.97 bits per heavy atom. The highest BCUT2D eigenvalue weighted by Gasteiger charge is 2.16. The van der Waals surface area contributed by atoms with Crippen LogP contribution in [0.5, 0.6) is 5.75 Å². The number of ether oxygens (including phenoxy) is 1. The van der Waals surface area contributed by atoms with Gasteiger partial charge in [0.2, 0.25) is 0 Å². The Morgan fingerprint density at radius 3 is 2.83 bits per heavy atom. The lowest BCUT2D eigenvalue weighted by Gasteiger charge is -2.22. The quantitative estimate of drug-likeness (QED) is 0.489. The Balaban J connectivity index is 1.52. The summed E-state index contributed by atoms with van der Waals surface area (Å²) in [5.41, 5.74) is 3.06. The third-order valence-electron chi connectivity index (χ3n) is 5.75. The van der Waals surface area contributed by atoms with E-state index in [0.29, 0.717) is 22.5 Å². The van der Waals surface area contributed by atoms with E-state index in [2.05, 4.69) is 27.9 Å². The summed E-state index contributed by atoms with van der Waals surface area (Å²) >= 11 is 0. The maximum absolute atomic E-state index is 12.8. The molecule has 1 saturated heterocycles. The minimum atomic E-state index is -0.384. The number of rotatable bonds is 3. The van der Waals surface area contributed by atoms with Crippen LogP contribution in [0.2, 0.25) is 0 Å². The Labute approximate surface area is 174 Å². The van der Waals surface area contributed by atoms with E-state index in [9.17, 15) is 4.79 Å². The number of nitrogens with zero attached hydrogens (tertiary/aromatic N) is 4. The molecule has 0 radical (unpaired) electrons. The molecule has 0 unspecified atom stereocenters. The lowest BCUT2D eigenvalue weighted by Crippen LogP contribution is -2.28. The number of hydrogen-bond donors (Lipinski definition) is 0. The van der Waals surface area contributed by atoms with Crippen LogP contribution in [0.3, 0.4) is 0 Å². The van der Waals surface area contributed by atoms with Crippen LogP contribution < -0.4 is 15.3 Å². The van der Waals surface area contributed by atoms with Gasteiger partial charge >= 0.3 is 5.63 Å². The second-order valence-electron chi connectivity index (χ2n) is 7.77. The number of benzene rings is 1. The highest BCUT2D eigenvalue weighted by molar-refractivity contribution is 5.84. The molecule has 1 aliphatic rings. The molecule has 0 spiro atoms. The zero-order valence-electron chi connectivity index (χ0n) is 17.2. The van der Waals surface area contributed by atoms with Crippen molar-refractivity contribution in [3.8, 4) is 17.0 Å². The monoisotopic (exact) mass is 404 g/mol. The van der Waals surface area contributed by atoms with E-state index in [1.165, 1.54) is 0 Å². The van der Waals surface area contributed by atoms with Gasteiger partial charge in [-0.3, -0.25) is 0 Å². The number of fused-ring (bicyclic) bond motifs is 2. The first-order chi connectivity index (χ1) is 14.6. The fourth-order valence-electron chi connectivity index (χ4n) is 4.00. The van der Waals surface area contributed by atoms with E-state index >= 15 is 0 Å². The van der Waals surface area contributed by atoms with Crippen LogP contribution in [-0.4, -0.2) is 54.6 Å². The number of hydrogen-bond acceptors (Lipinski definition) is 6. The molecule has 0 saturated carbocycles. The molecule has 1 aliphatic heterocycles. The van der Waals surface area contributed by atoms with Crippen molar-refractivity contribution >= 4 is 22.3 Å². The van der Waals surface area contributed by atoms with Gasteiger partial charge in [0.1, 0.15) is 17.0 Å². The predicted octanol–water partition coefficient (Wildman–Crippen LogP) is 3.26. The summed E-state index contributed by atoms with van der Waals surface area (Å²) in [5, 5.41) is 0.884. The van der Waals surface area contributed by atoms with E-state index in [1.54, 1.807) is 7.11 Å². The average Bonchev–Trinajstić information content (AvgIpc) is 3.05. The van der Waals surface area contributed by atoms with Gasteiger partial charge in [0.15, 0.2) is 0 Å². The molecular formula is C23H24N4O3. The SMILES string of the molecule is COc1ccn2cc(-c3cc4ccc(N5CCCN(C)CC5)cc4oc3=O)nc2c1. The summed E-state index contributed by atoms with van der Waals surface area (Å²) in [6, 6.07) is 11.6. The third-order valence-corrected chi connectivity index (χ3v) is 5.75. The largest absolute Gasteiger partial charge is 0.497 e. The summed E-state index contributed by atoms with van der Waals surface area (Å²) in [5.74, 6) is 0.720. The molecule has 3 aromatic heterocycles. The topological polar surface area (TPSA) is 63.2 Å². The minimum Gasteiger partial charge on any atom is -0.497 e. The predicted molar refractivity (Wildman–Crippen MR) is 118 cm³/mol. The van der Waals surface area contributed by atoms with E-state index in [1.807, 2.05) is 47.1 Å². The molecule has 1 aromatic carbocycles. The van der Waals surface area contributed by atoms with E-state index in [0.717, 1.165) is 49.4 Å². The maximum Gasteiger partial charge on any atom is 0.345 e. The molecule has 30 heavy (non-hydrogen) atoms. The second-order valence-corrected chi connectivity index (χ2v) is 7.77. The smallest absolute Gasteiger partial charge is 0.345 e. The van der Waals surface area contributed by atoms with Gasteiger partial charge in [-0.05, 0) is 44.3 Å². The first kappa shape index (κ1) is 18.7. The molecule has 0 bridgehead atoms. The summed E-state index contributed by atoms with van der Waals surface area (Å²) in [7, 11) is 3.77. The van der Waals surface area contributed by atoms with Crippen LogP contribution in [0.1, 0.15) is 6.42 Å². The molecule has 0 N–H and O–H groups in total. The Bertz CT molecular complexity index is 1280. The fourth-order valence-corrected chi connectivity index (χ4v) is 4.00. The minimum absolute atomic E-state index is 0.384. The van der Waals surface area contributed by atoms with Crippen LogP contribution in [0.15, 0.2) is 58.0 Å². The number of likely N-dealkylation sites (N-methyl/N-ethyl adjacent to an activating group) is 1. The van der Waals surface area contributed by atoms with Gasteiger partial charge in [-0.25, -0.2) is 9.78 Å². The van der Waals surface area contributed by atoms with Crippen molar-refractivity contribution in [2.75, 3.05) is 45.2 Å². The van der Waals surface area contributed by atoms with Crippen molar-refractivity contribution in [1.29, 1.82) is 0 Å². The lowest BCUT2D eigenvalue weighted by atomic mass is 10.1. The molecule has 154 valence electrons. The maximum atomic E-state index is 12.8.